The van der Waals surface area contributed by atoms with Gasteiger partial charge in [0.2, 0.25) is 0 Å². The molecule has 4 nitrogen and oxygen atoms in total. The van der Waals surface area contributed by atoms with Gasteiger partial charge >= 0.3 is 5.97 Å². The number of aliphatic carboxylic acids is 1. The average molecular weight is 288 g/mol. The second-order valence-electron chi connectivity index (χ2n) is 4.95. The van der Waals surface area contributed by atoms with Gasteiger partial charge in [-0.25, -0.2) is 0 Å². The smallest absolute Gasteiger partial charge is 0.306 e. The van der Waals surface area contributed by atoms with Gasteiger partial charge in [0.25, 0.3) is 0 Å². The molecule has 1 unspecified atom stereocenters. The summed E-state index contributed by atoms with van der Waals surface area (Å²) in [5.41, 5.74) is 0. The Kier molecular flexibility index (Phi) is 17.8. The first-order chi connectivity index (χ1) is 9.56. The van der Waals surface area contributed by atoms with Gasteiger partial charge in [0.15, 0.2) is 0 Å². The van der Waals surface area contributed by atoms with Crippen LogP contribution in [0.5, 0.6) is 0 Å². The lowest BCUT2D eigenvalue weighted by Gasteiger charge is -2.20. The highest BCUT2D eigenvalue weighted by Gasteiger charge is 2.17. The lowest BCUT2D eigenvalue weighted by molar-refractivity contribution is -0.142. The first-order valence-electron chi connectivity index (χ1n) is 8.22. The average Bonchev–Trinajstić information content (AvgIpc) is 2.44. The minimum atomic E-state index is -0.629. The SMILES string of the molecule is CCCCC(CCN(CC)CC)C(=O)O.CCNCC. The molecule has 0 rings (SSSR count). The molecule has 0 aliphatic heterocycles. The molecular formula is C16H36N2O2. The zero-order valence-corrected chi connectivity index (χ0v) is 14.2. The van der Waals surface area contributed by atoms with Crippen molar-refractivity contribution in [3.05, 3.63) is 0 Å². The summed E-state index contributed by atoms with van der Waals surface area (Å²) in [7, 11) is 0. The van der Waals surface area contributed by atoms with Crippen LogP contribution in [0, 0.1) is 5.92 Å². The van der Waals surface area contributed by atoms with Crippen molar-refractivity contribution in [3.63, 3.8) is 0 Å². The standard InChI is InChI=1S/C12H25NO2.C4H11N/c1-4-7-8-11(12(14)15)9-10-13(5-2)6-3;1-3-5-4-2/h11H,4-10H2,1-3H3,(H,14,15);5H,3-4H2,1-2H3. The van der Waals surface area contributed by atoms with Gasteiger partial charge in [-0.1, -0.05) is 47.5 Å². The van der Waals surface area contributed by atoms with E-state index in [-0.39, 0.29) is 5.92 Å². The number of carbonyl (C=O) groups is 1. The molecule has 0 fully saturated rings. The molecule has 0 amide bonds. The first-order valence-corrected chi connectivity index (χ1v) is 8.22. The Bertz CT molecular complexity index is 205. The molecule has 0 aromatic heterocycles. The van der Waals surface area contributed by atoms with Gasteiger partial charge in [0, 0.05) is 0 Å². The molecule has 0 heterocycles. The minimum absolute atomic E-state index is 0.148. The molecule has 0 saturated carbocycles. The summed E-state index contributed by atoms with van der Waals surface area (Å²) < 4.78 is 0. The molecular weight excluding hydrogens is 252 g/mol. The third-order valence-corrected chi connectivity index (χ3v) is 3.44. The van der Waals surface area contributed by atoms with Gasteiger partial charge in [-0.2, -0.15) is 0 Å². The normalized spacial score (nSPS) is 11.9. The van der Waals surface area contributed by atoms with Crippen LogP contribution in [0.15, 0.2) is 0 Å². The number of unbranched alkanes of at least 4 members (excludes halogenated alkanes) is 1. The third kappa shape index (κ3) is 13.8. The maximum absolute atomic E-state index is 11.0. The molecule has 1 atom stereocenters. The minimum Gasteiger partial charge on any atom is -0.481 e. The molecule has 0 aliphatic rings. The highest BCUT2D eigenvalue weighted by Crippen LogP contribution is 2.13. The van der Waals surface area contributed by atoms with E-state index in [0.29, 0.717) is 0 Å². The Morgan fingerprint density at radius 3 is 1.90 bits per heavy atom. The van der Waals surface area contributed by atoms with Crippen molar-refractivity contribution >= 4 is 5.97 Å². The van der Waals surface area contributed by atoms with Gasteiger partial charge in [-0.15, -0.1) is 0 Å². The van der Waals surface area contributed by atoms with E-state index in [0.717, 1.165) is 58.4 Å². The van der Waals surface area contributed by atoms with Crippen molar-refractivity contribution in [2.24, 2.45) is 5.92 Å². The monoisotopic (exact) mass is 288 g/mol. The third-order valence-electron chi connectivity index (χ3n) is 3.44. The molecule has 0 bridgehead atoms. The van der Waals surface area contributed by atoms with Crippen LogP contribution < -0.4 is 5.32 Å². The maximum Gasteiger partial charge on any atom is 0.306 e. The lowest BCUT2D eigenvalue weighted by atomic mass is 9.98. The van der Waals surface area contributed by atoms with Crippen molar-refractivity contribution in [2.45, 2.75) is 60.3 Å². The van der Waals surface area contributed by atoms with E-state index in [1.165, 1.54) is 0 Å². The molecule has 122 valence electrons. The van der Waals surface area contributed by atoms with Crippen molar-refractivity contribution in [1.29, 1.82) is 0 Å². The Balaban J connectivity index is 0. The van der Waals surface area contributed by atoms with Crippen molar-refractivity contribution in [1.82, 2.24) is 10.2 Å². The van der Waals surface area contributed by atoms with Gasteiger partial charge in [0.1, 0.15) is 0 Å². The van der Waals surface area contributed by atoms with E-state index in [1.807, 2.05) is 0 Å². The van der Waals surface area contributed by atoms with Crippen molar-refractivity contribution < 1.29 is 9.90 Å². The van der Waals surface area contributed by atoms with E-state index < -0.39 is 5.97 Å². The zero-order valence-electron chi connectivity index (χ0n) is 14.2. The van der Waals surface area contributed by atoms with Crippen LogP contribution >= 0.6 is 0 Å². The van der Waals surface area contributed by atoms with Gasteiger partial charge < -0.3 is 15.3 Å². The van der Waals surface area contributed by atoms with Crippen LogP contribution in [0.2, 0.25) is 0 Å². The second-order valence-corrected chi connectivity index (χ2v) is 4.95. The summed E-state index contributed by atoms with van der Waals surface area (Å²) in [4.78, 5) is 13.3. The number of nitrogens with one attached hydrogen (secondary N) is 1. The predicted molar refractivity (Wildman–Crippen MR) is 87.3 cm³/mol. The van der Waals surface area contributed by atoms with Crippen LogP contribution in [0.3, 0.4) is 0 Å². The fourth-order valence-corrected chi connectivity index (χ4v) is 1.97. The van der Waals surface area contributed by atoms with Gasteiger partial charge in [0.05, 0.1) is 5.92 Å². The quantitative estimate of drug-likeness (QED) is 0.613. The molecule has 2 N–H and O–H groups in total. The summed E-state index contributed by atoms with van der Waals surface area (Å²) in [5.74, 6) is -0.777. The van der Waals surface area contributed by atoms with Gasteiger partial charge in [-0.05, 0) is 45.6 Å². The largest absolute Gasteiger partial charge is 0.481 e. The molecule has 4 heteroatoms. The van der Waals surface area contributed by atoms with Crippen molar-refractivity contribution in [3.8, 4) is 0 Å². The Morgan fingerprint density at radius 1 is 1.05 bits per heavy atom. The second kappa shape index (κ2) is 16.4. The molecule has 0 spiro atoms. The number of hydrogen-bond donors (Lipinski definition) is 2. The van der Waals surface area contributed by atoms with Crippen LogP contribution in [-0.2, 0) is 4.79 Å². The summed E-state index contributed by atoms with van der Waals surface area (Å²) in [6, 6.07) is 0. The Labute approximate surface area is 125 Å². The number of nitrogens with zero attached hydrogens (tertiary/aromatic N) is 1. The van der Waals surface area contributed by atoms with Gasteiger partial charge in [-0.3, -0.25) is 4.79 Å². The summed E-state index contributed by atoms with van der Waals surface area (Å²) in [5, 5.41) is 12.2. The predicted octanol–water partition coefficient (Wildman–Crippen LogP) is 3.23. The first kappa shape index (κ1) is 21.7. The topological polar surface area (TPSA) is 52.6 Å². The summed E-state index contributed by atoms with van der Waals surface area (Å²) in [6.07, 6.45) is 3.72. The number of carboxylic acid groups (broad SMARTS) is 1. The van der Waals surface area contributed by atoms with Crippen molar-refractivity contribution in [2.75, 3.05) is 32.7 Å². The highest BCUT2D eigenvalue weighted by atomic mass is 16.4. The van der Waals surface area contributed by atoms with E-state index in [1.54, 1.807) is 0 Å². The van der Waals surface area contributed by atoms with Crippen LogP contribution in [0.1, 0.15) is 60.3 Å². The molecule has 0 aliphatic carbocycles. The Hall–Kier alpha value is -0.610. The van der Waals surface area contributed by atoms with E-state index >= 15 is 0 Å². The fraction of sp³-hybridized carbons (Fsp3) is 0.938. The van der Waals surface area contributed by atoms with E-state index in [2.05, 4.69) is 44.8 Å². The van der Waals surface area contributed by atoms with Crippen LogP contribution in [-0.4, -0.2) is 48.7 Å². The molecule has 20 heavy (non-hydrogen) atoms. The van der Waals surface area contributed by atoms with E-state index in [9.17, 15) is 4.79 Å². The summed E-state index contributed by atoms with van der Waals surface area (Å²) in [6.45, 7) is 15.7. The fourth-order valence-electron chi connectivity index (χ4n) is 1.97. The molecule has 0 aromatic rings. The van der Waals surface area contributed by atoms with E-state index in [4.69, 9.17) is 5.11 Å². The lowest BCUT2D eigenvalue weighted by Crippen LogP contribution is -2.27. The van der Waals surface area contributed by atoms with Crippen LogP contribution in [0.4, 0.5) is 0 Å². The zero-order chi connectivity index (χ0) is 15.8. The number of rotatable bonds is 11. The number of hydrogen-bond acceptors (Lipinski definition) is 3. The molecule has 0 radical (unpaired) electrons. The summed E-state index contributed by atoms with van der Waals surface area (Å²) >= 11 is 0. The van der Waals surface area contributed by atoms with Crippen LogP contribution in [0.25, 0.3) is 0 Å². The molecule has 0 saturated heterocycles. The maximum atomic E-state index is 11.0. The molecule has 0 aromatic carbocycles. The Morgan fingerprint density at radius 2 is 1.60 bits per heavy atom. The highest BCUT2D eigenvalue weighted by molar-refractivity contribution is 5.69. The number of carboxylic acids is 1.